The van der Waals surface area contributed by atoms with Gasteiger partial charge in [-0.3, -0.25) is 0 Å². The number of nitrogens with zero attached hydrogens (tertiary/aromatic N) is 1. The maximum atomic E-state index is 5.93. The third kappa shape index (κ3) is 3.94. The number of hydrogen-bond donors (Lipinski definition) is 1. The molecule has 1 heterocycles. The van der Waals surface area contributed by atoms with Crippen molar-refractivity contribution >= 4 is 0 Å². The molecule has 18 heavy (non-hydrogen) atoms. The van der Waals surface area contributed by atoms with Gasteiger partial charge in [-0.2, -0.15) is 0 Å². The van der Waals surface area contributed by atoms with Crippen LogP contribution in [0.15, 0.2) is 0 Å². The van der Waals surface area contributed by atoms with Crippen LogP contribution in [0.25, 0.3) is 0 Å². The highest BCUT2D eigenvalue weighted by molar-refractivity contribution is 4.80. The van der Waals surface area contributed by atoms with Crippen molar-refractivity contribution in [3.8, 4) is 0 Å². The molecule has 3 heteroatoms. The predicted octanol–water partition coefficient (Wildman–Crippen LogP) is 2.25. The van der Waals surface area contributed by atoms with E-state index in [1.807, 2.05) is 0 Å². The maximum absolute atomic E-state index is 5.93. The topological polar surface area (TPSA) is 38.5 Å². The smallest absolute Gasteiger partial charge is 0.0702 e. The van der Waals surface area contributed by atoms with Gasteiger partial charge in [0.15, 0.2) is 0 Å². The summed E-state index contributed by atoms with van der Waals surface area (Å²) in [7, 11) is 0. The molecule has 0 bridgehead atoms. The zero-order valence-corrected chi connectivity index (χ0v) is 11.9. The monoisotopic (exact) mass is 254 g/mol. The Morgan fingerprint density at radius 1 is 1.06 bits per heavy atom. The summed E-state index contributed by atoms with van der Waals surface area (Å²) in [4.78, 5) is 2.59. The van der Waals surface area contributed by atoms with Crippen LogP contribution in [0.4, 0.5) is 0 Å². The average molecular weight is 254 g/mol. The van der Waals surface area contributed by atoms with Crippen LogP contribution in [0, 0.1) is 11.8 Å². The highest BCUT2D eigenvalue weighted by Gasteiger charge is 2.27. The van der Waals surface area contributed by atoms with Gasteiger partial charge in [-0.05, 0) is 50.6 Å². The van der Waals surface area contributed by atoms with E-state index in [0.717, 1.165) is 38.1 Å². The Morgan fingerprint density at radius 3 is 2.44 bits per heavy atom. The molecule has 1 aliphatic carbocycles. The first-order chi connectivity index (χ1) is 8.83. The van der Waals surface area contributed by atoms with E-state index in [1.54, 1.807) is 0 Å². The fraction of sp³-hybridized carbons (Fsp3) is 1.00. The van der Waals surface area contributed by atoms with Crippen LogP contribution in [-0.2, 0) is 4.74 Å². The van der Waals surface area contributed by atoms with Crippen LogP contribution < -0.4 is 5.73 Å². The van der Waals surface area contributed by atoms with Gasteiger partial charge in [-0.1, -0.05) is 19.8 Å². The quantitative estimate of drug-likeness (QED) is 0.790. The Morgan fingerprint density at radius 2 is 1.83 bits per heavy atom. The number of likely N-dealkylation sites (N-methyl/N-ethyl adjacent to an activating group) is 1. The minimum Gasteiger partial charge on any atom is -0.377 e. The Hall–Kier alpha value is -0.120. The second-order valence-corrected chi connectivity index (χ2v) is 6.03. The Kier molecular flexibility index (Phi) is 5.93. The fourth-order valence-corrected chi connectivity index (χ4v) is 3.58. The molecule has 3 unspecified atom stereocenters. The summed E-state index contributed by atoms with van der Waals surface area (Å²) >= 11 is 0. The molecule has 1 aliphatic heterocycles. The van der Waals surface area contributed by atoms with Gasteiger partial charge >= 0.3 is 0 Å². The molecule has 0 spiro atoms. The first-order valence-electron chi connectivity index (χ1n) is 7.87. The van der Waals surface area contributed by atoms with Gasteiger partial charge in [0.1, 0.15) is 0 Å². The molecule has 1 saturated heterocycles. The largest absolute Gasteiger partial charge is 0.377 e. The third-order valence-corrected chi connectivity index (χ3v) is 4.79. The highest BCUT2D eigenvalue weighted by atomic mass is 16.5. The zero-order valence-electron chi connectivity index (χ0n) is 11.9. The fourth-order valence-electron chi connectivity index (χ4n) is 3.58. The van der Waals surface area contributed by atoms with Crippen LogP contribution >= 0.6 is 0 Å². The minimum absolute atomic E-state index is 0.491. The Labute approximate surface area is 112 Å². The summed E-state index contributed by atoms with van der Waals surface area (Å²) in [5, 5.41) is 0. The number of ether oxygens (including phenoxy) is 1. The summed E-state index contributed by atoms with van der Waals surface area (Å²) in [6, 6.07) is 0. The van der Waals surface area contributed by atoms with E-state index in [4.69, 9.17) is 10.5 Å². The first kappa shape index (κ1) is 14.3. The molecule has 2 fully saturated rings. The SMILES string of the molecule is CCN(CC1CCCO1)CC1CCCCC1CN. The van der Waals surface area contributed by atoms with E-state index >= 15 is 0 Å². The minimum atomic E-state index is 0.491. The van der Waals surface area contributed by atoms with Gasteiger partial charge in [0, 0.05) is 19.7 Å². The lowest BCUT2D eigenvalue weighted by molar-refractivity contribution is 0.0608. The van der Waals surface area contributed by atoms with Crippen LogP contribution in [0.1, 0.15) is 45.4 Å². The predicted molar refractivity (Wildman–Crippen MR) is 75.6 cm³/mol. The van der Waals surface area contributed by atoms with Crippen LogP contribution in [0.2, 0.25) is 0 Å². The van der Waals surface area contributed by atoms with E-state index in [0.29, 0.717) is 6.10 Å². The lowest BCUT2D eigenvalue weighted by Crippen LogP contribution is -2.40. The van der Waals surface area contributed by atoms with E-state index in [1.165, 1.54) is 45.1 Å². The van der Waals surface area contributed by atoms with Gasteiger partial charge in [-0.25, -0.2) is 0 Å². The Bertz CT molecular complexity index is 229. The molecule has 0 amide bonds. The van der Waals surface area contributed by atoms with Crippen molar-refractivity contribution in [3.63, 3.8) is 0 Å². The van der Waals surface area contributed by atoms with Crippen molar-refractivity contribution in [1.82, 2.24) is 4.90 Å². The molecule has 2 aliphatic rings. The summed E-state index contributed by atoms with van der Waals surface area (Å²) in [5.41, 5.74) is 5.93. The van der Waals surface area contributed by atoms with E-state index in [9.17, 15) is 0 Å². The number of hydrogen-bond acceptors (Lipinski definition) is 3. The summed E-state index contributed by atoms with van der Waals surface area (Å²) in [5.74, 6) is 1.59. The lowest BCUT2D eigenvalue weighted by atomic mass is 9.79. The molecule has 3 atom stereocenters. The molecule has 0 aromatic rings. The molecule has 106 valence electrons. The standard InChI is InChI=1S/C15H30N2O/c1-2-17(12-15-8-5-9-18-15)11-14-7-4-3-6-13(14)10-16/h13-15H,2-12,16H2,1H3. The van der Waals surface area contributed by atoms with E-state index in [2.05, 4.69) is 11.8 Å². The molecule has 2 rings (SSSR count). The third-order valence-electron chi connectivity index (χ3n) is 4.79. The molecular weight excluding hydrogens is 224 g/mol. The van der Waals surface area contributed by atoms with Gasteiger partial charge in [-0.15, -0.1) is 0 Å². The molecule has 0 radical (unpaired) electrons. The van der Waals surface area contributed by atoms with E-state index < -0.39 is 0 Å². The normalized spacial score (nSPS) is 33.2. The summed E-state index contributed by atoms with van der Waals surface area (Å²) < 4.78 is 5.76. The molecular formula is C15H30N2O. The summed E-state index contributed by atoms with van der Waals surface area (Å²) in [6.07, 6.45) is 8.50. The van der Waals surface area contributed by atoms with Crippen molar-refractivity contribution in [2.24, 2.45) is 17.6 Å². The van der Waals surface area contributed by atoms with Crippen LogP contribution in [0.3, 0.4) is 0 Å². The highest BCUT2D eigenvalue weighted by Crippen LogP contribution is 2.30. The second-order valence-electron chi connectivity index (χ2n) is 6.03. The average Bonchev–Trinajstić information content (AvgIpc) is 2.91. The van der Waals surface area contributed by atoms with Crippen molar-refractivity contribution in [2.45, 2.75) is 51.6 Å². The maximum Gasteiger partial charge on any atom is 0.0702 e. The van der Waals surface area contributed by atoms with Crippen molar-refractivity contribution in [2.75, 3.05) is 32.8 Å². The number of rotatable bonds is 6. The van der Waals surface area contributed by atoms with Gasteiger partial charge in [0.25, 0.3) is 0 Å². The van der Waals surface area contributed by atoms with Crippen molar-refractivity contribution in [3.05, 3.63) is 0 Å². The molecule has 1 saturated carbocycles. The Balaban J connectivity index is 1.80. The van der Waals surface area contributed by atoms with Gasteiger partial charge < -0.3 is 15.4 Å². The van der Waals surface area contributed by atoms with Crippen LogP contribution in [0.5, 0.6) is 0 Å². The van der Waals surface area contributed by atoms with Crippen molar-refractivity contribution < 1.29 is 4.74 Å². The molecule has 2 N–H and O–H groups in total. The molecule has 0 aromatic heterocycles. The molecule has 3 nitrogen and oxygen atoms in total. The number of nitrogens with two attached hydrogens (primary N) is 1. The molecule has 0 aromatic carbocycles. The van der Waals surface area contributed by atoms with Gasteiger partial charge in [0.05, 0.1) is 6.10 Å². The first-order valence-corrected chi connectivity index (χ1v) is 7.87. The van der Waals surface area contributed by atoms with Crippen LogP contribution in [-0.4, -0.2) is 43.8 Å². The van der Waals surface area contributed by atoms with Gasteiger partial charge in [0.2, 0.25) is 0 Å². The van der Waals surface area contributed by atoms with Crippen molar-refractivity contribution in [1.29, 1.82) is 0 Å². The lowest BCUT2D eigenvalue weighted by Gasteiger charge is -2.35. The second kappa shape index (κ2) is 7.46. The zero-order chi connectivity index (χ0) is 12.8. The van der Waals surface area contributed by atoms with E-state index in [-0.39, 0.29) is 0 Å². The summed E-state index contributed by atoms with van der Waals surface area (Å²) in [6.45, 7) is 7.63.